The van der Waals surface area contributed by atoms with Gasteiger partial charge in [-0.25, -0.2) is 19.4 Å². The molecule has 0 saturated heterocycles. The number of hydrogen-bond donors (Lipinski definition) is 2. The zero-order valence-corrected chi connectivity index (χ0v) is 17.3. The molecule has 0 aliphatic carbocycles. The van der Waals surface area contributed by atoms with Gasteiger partial charge in [0.1, 0.15) is 21.1 Å². The first-order chi connectivity index (χ1) is 12.3. The van der Waals surface area contributed by atoms with Crippen molar-refractivity contribution in [1.29, 1.82) is 0 Å². The minimum atomic E-state index is -0.804. The van der Waals surface area contributed by atoms with Gasteiger partial charge in [-0.2, -0.15) is 0 Å². The Kier molecular flexibility index (Phi) is 7.35. The van der Waals surface area contributed by atoms with E-state index in [1.54, 1.807) is 47.6 Å². The van der Waals surface area contributed by atoms with Crippen LogP contribution in [-0.2, 0) is 14.2 Å². The monoisotopic (exact) mass is 399 g/mol. The molecule has 1 rings (SSSR count). The van der Waals surface area contributed by atoms with Crippen molar-refractivity contribution in [3.8, 4) is 0 Å². The largest absolute Gasteiger partial charge is 0.465 e. The lowest BCUT2D eigenvalue weighted by Crippen LogP contribution is -2.47. The van der Waals surface area contributed by atoms with Crippen LogP contribution in [0.4, 0.5) is 14.6 Å². The molecule has 27 heavy (non-hydrogen) atoms. The number of nitrogens with one attached hydrogen (secondary N) is 2. The second-order valence-electron chi connectivity index (χ2n) is 7.34. The highest BCUT2D eigenvalue weighted by Crippen LogP contribution is 2.25. The van der Waals surface area contributed by atoms with Gasteiger partial charge in [0.15, 0.2) is 0 Å². The lowest BCUT2D eigenvalue weighted by Gasteiger charge is -2.22. The smallest absolute Gasteiger partial charge is 0.414 e. The number of alkyl carbamates (subject to hydrolysis) is 2. The molecule has 150 valence electrons. The lowest BCUT2D eigenvalue weighted by atomic mass is 10.2. The van der Waals surface area contributed by atoms with Gasteiger partial charge >= 0.3 is 18.2 Å². The van der Waals surface area contributed by atoms with Crippen molar-refractivity contribution >= 4 is 40.5 Å². The van der Waals surface area contributed by atoms with Gasteiger partial charge in [-0.05, 0) is 53.7 Å². The van der Waals surface area contributed by atoms with Crippen LogP contribution in [0.15, 0.2) is 17.1 Å². The molecule has 0 unspecified atom stereocenters. The summed E-state index contributed by atoms with van der Waals surface area (Å²) in [5.74, 6) is -0.708. The van der Waals surface area contributed by atoms with E-state index < -0.39 is 29.4 Å². The Morgan fingerprint density at radius 2 is 1.41 bits per heavy atom. The summed E-state index contributed by atoms with van der Waals surface area (Å²) in [6.07, 6.45) is -1.61. The highest BCUT2D eigenvalue weighted by atomic mass is 32.1. The van der Waals surface area contributed by atoms with E-state index in [0.29, 0.717) is 9.88 Å². The van der Waals surface area contributed by atoms with Crippen molar-refractivity contribution in [2.24, 2.45) is 4.99 Å². The van der Waals surface area contributed by atoms with Gasteiger partial charge in [-0.15, -0.1) is 11.3 Å². The minimum absolute atomic E-state index is 0.197. The predicted molar refractivity (Wildman–Crippen MR) is 101 cm³/mol. The molecule has 1 aromatic heterocycles. The fourth-order valence-electron chi connectivity index (χ4n) is 1.60. The van der Waals surface area contributed by atoms with Gasteiger partial charge in [0.2, 0.25) is 5.96 Å². The van der Waals surface area contributed by atoms with Gasteiger partial charge in [0.05, 0.1) is 7.11 Å². The van der Waals surface area contributed by atoms with Crippen LogP contribution in [0.5, 0.6) is 0 Å². The summed E-state index contributed by atoms with van der Waals surface area (Å²) in [7, 11) is 1.27. The van der Waals surface area contributed by atoms with Gasteiger partial charge in [-0.1, -0.05) is 0 Å². The quantitative estimate of drug-likeness (QED) is 0.340. The number of amides is 2. The molecular weight excluding hydrogens is 374 g/mol. The number of esters is 1. The van der Waals surface area contributed by atoms with Crippen LogP contribution in [0.25, 0.3) is 0 Å². The van der Waals surface area contributed by atoms with Crippen LogP contribution in [0, 0.1) is 0 Å². The molecule has 0 saturated carbocycles. The van der Waals surface area contributed by atoms with E-state index in [2.05, 4.69) is 20.4 Å². The molecule has 0 aliphatic rings. The fraction of sp³-hybridized carbons (Fsp3) is 0.529. The predicted octanol–water partition coefficient (Wildman–Crippen LogP) is 3.57. The van der Waals surface area contributed by atoms with E-state index in [0.717, 1.165) is 11.3 Å². The van der Waals surface area contributed by atoms with Crippen molar-refractivity contribution < 1.29 is 28.6 Å². The van der Waals surface area contributed by atoms with Gasteiger partial charge in [0.25, 0.3) is 0 Å². The average molecular weight is 399 g/mol. The third kappa shape index (κ3) is 9.04. The zero-order valence-electron chi connectivity index (χ0n) is 16.5. The Balaban J connectivity index is 3.01. The Morgan fingerprint density at radius 3 is 1.81 bits per heavy atom. The third-order valence-electron chi connectivity index (χ3n) is 2.44. The maximum atomic E-state index is 12.0. The first-order valence-electron chi connectivity index (χ1n) is 8.06. The number of guanidine groups is 1. The summed E-state index contributed by atoms with van der Waals surface area (Å²) in [5, 5.41) is 5.08. The van der Waals surface area contributed by atoms with Crippen LogP contribution in [0.2, 0.25) is 0 Å². The number of nitrogens with zero attached hydrogens (tertiary/aromatic N) is 1. The highest BCUT2D eigenvalue weighted by molar-refractivity contribution is 7.17. The van der Waals surface area contributed by atoms with E-state index in [1.807, 2.05) is 0 Å². The molecule has 2 N–H and O–H groups in total. The topological polar surface area (TPSA) is 115 Å². The molecule has 0 spiro atoms. The lowest BCUT2D eigenvalue weighted by molar-refractivity contribution is 0.0542. The number of hydrogen-bond acceptors (Lipinski definition) is 8. The number of carbonyl (C=O) groups excluding carboxylic acids is 3. The Bertz CT molecular complexity index is 696. The van der Waals surface area contributed by atoms with E-state index in [4.69, 9.17) is 9.47 Å². The summed E-state index contributed by atoms with van der Waals surface area (Å²) in [6, 6.07) is 3.07. The number of carbonyl (C=O) groups is 3. The van der Waals surface area contributed by atoms with Crippen LogP contribution in [0.1, 0.15) is 51.2 Å². The average Bonchev–Trinajstić information content (AvgIpc) is 2.90. The maximum Gasteiger partial charge on any atom is 0.414 e. The van der Waals surface area contributed by atoms with Crippen LogP contribution >= 0.6 is 11.3 Å². The standard InChI is InChI=1S/C17H25N3O6S/c1-16(2,3)25-14(22)19-13(20-15(23)26-17(4,5)6)18-11-9-8-10(27-11)12(21)24-7/h8-9H,1-7H3,(H2,18,19,20,22,23). The molecule has 0 aromatic carbocycles. The summed E-state index contributed by atoms with van der Waals surface area (Å²) >= 11 is 1.03. The number of ether oxygens (including phenoxy) is 3. The second-order valence-corrected chi connectivity index (χ2v) is 8.41. The van der Waals surface area contributed by atoms with Gasteiger partial charge in [0, 0.05) is 0 Å². The van der Waals surface area contributed by atoms with E-state index in [-0.39, 0.29) is 5.96 Å². The SMILES string of the molecule is COC(=O)c1ccc(N=C(NC(=O)OC(C)(C)C)NC(=O)OC(C)(C)C)s1. The third-order valence-corrected chi connectivity index (χ3v) is 3.40. The fourth-order valence-corrected chi connectivity index (χ4v) is 2.40. The van der Waals surface area contributed by atoms with E-state index >= 15 is 0 Å². The molecule has 10 heteroatoms. The highest BCUT2D eigenvalue weighted by Gasteiger charge is 2.21. The molecule has 2 amide bonds. The van der Waals surface area contributed by atoms with Crippen molar-refractivity contribution in [1.82, 2.24) is 10.6 Å². The number of methoxy groups -OCH3 is 1. The first kappa shape index (κ1) is 22.4. The molecule has 9 nitrogen and oxygen atoms in total. The summed E-state index contributed by atoms with van der Waals surface area (Å²) in [6.45, 7) is 10.2. The molecule has 0 aliphatic heterocycles. The number of rotatable bonds is 2. The molecule has 0 fully saturated rings. The maximum absolute atomic E-state index is 12.0. The van der Waals surface area contributed by atoms with E-state index in [1.165, 1.54) is 13.2 Å². The second kappa shape index (κ2) is 8.85. The Labute approximate surface area is 162 Å². The minimum Gasteiger partial charge on any atom is -0.465 e. The van der Waals surface area contributed by atoms with Gasteiger partial charge < -0.3 is 14.2 Å². The van der Waals surface area contributed by atoms with Crippen molar-refractivity contribution in [3.63, 3.8) is 0 Å². The van der Waals surface area contributed by atoms with Crippen LogP contribution in [0.3, 0.4) is 0 Å². The Hall–Kier alpha value is -2.62. The molecule has 1 aromatic rings. The Morgan fingerprint density at radius 1 is 0.926 bits per heavy atom. The van der Waals surface area contributed by atoms with Crippen LogP contribution < -0.4 is 10.6 Å². The molecule has 1 heterocycles. The van der Waals surface area contributed by atoms with Crippen LogP contribution in [-0.4, -0.2) is 42.4 Å². The van der Waals surface area contributed by atoms with Crippen molar-refractivity contribution in [3.05, 3.63) is 17.0 Å². The zero-order chi connectivity index (χ0) is 20.8. The summed E-state index contributed by atoms with van der Waals surface area (Å²) in [4.78, 5) is 40.0. The molecule has 0 radical (unpaired) electrons. The number of thiophene rings is 1. The summed E-state index contributed by atoms with van der Waals surface area (Å²) < 4.78 is 14.9. The molecule has 0 bridgehead atoms. The molecule has 0 atom stereocenters. The van der Waals surface area contributed by atoms with Crippen molar-refractivity contribution in [2.45, 2.75) is 52.7 Å². The van der Waals surface area contributed by atoms with E-state index in [9.17, 15) is 14.4 Å². The van der Waals surface area contributed by atoms with Crippen molar-refractivity contribution in [2.75, 3.05) is 7.11 Å². The van der Waals surface area contributed by atoms with Gasteiger partial charge in [-0.3, -0.25) is 10.6 Å². The summed E-state index contributed by atoms with van der Waals surface area (Å²) in [5.41, 5.74) is -1.47. The first-order valence-corrected chi connectivity index (χ1v) is 8.87. The molecular formula is C17H25N3O6S. The normalized spacial score (nSPS) is 11.2. The number of aliphatic imine (C=N–C) groups is 1.